The second-order valence-electron chi connectivity index (χ2n) is 4.98. The number of sulfonamides is 1. The van der Waals surface area contributed by atoms with Crippen molar-refractivity contribution in [3.63, 3.8) is 0 Å². The molecule has 0 unspecified atom stereocenters. The van der Waals surface area contributed by atoms with Crippen molar-refractivity contribution in [3.05, 3.63) is 11.4 Å². The Labute approximate surface area is 120 Å². The van der Waals surface area contributed by atoms with Gasteiger partial charge in [-0.3, -0.25) is 9.58 Å². The van der Waals surface area contributed by atoms with E-state index in [9.17, 15) is 8.42 Å². The number of aryl methyl sites for hydroxylation is 2. The number of hydrogen-bond acceptors (Lipinski definition) is 5. The summed E-state index contributed by atoms with van der Waals surface area (Å²) in [6, 6.07) is 0. The molecule has 0 saturated carbocycles. The van der Waals surface area contributed by atoms with Gasteiger partial charge in [0.05, 0.1) is 24.6 Å². The van der Waals surface area contributed by atoms with Gasteiger partial charge in [0, 0.05) is 33.2 Å². The summed E-state index contributed by atoms with van der Waals surface area (Å²) in [5.74, 6) is 0. The van der Waals surface area contributed by atoms with E-state index in [1.807, 2.05) is 0 Å². The van der Waals surface area contributed by atoms with Crippen molar-refractivity contribution in [2.24, 2.45) is 7.05 Å². The van der Waals surface area contributed by atoms with Crippen molar-refractivity contribution in [3.8, 4) is 0 Å². The van der Waals surface area contributed by atoms with Crippen LogP contribution in [0.3, 0.4) is 0 Å². The normalized spacial score (nSPS) is 17.6. The summed E-state index contributed by atoms with van der Waals surface area (Å²) in [4.78, 5) is 2.48. The quantitative estimate of drug-likeness (QED) is 0.804. The van der Waals surface area contributed by atoms with Crippen LogP contribution in [0.25, 0.3) is 0 Å². The van der Waals surface area contributed by atoms with Crippen molar-refractivity contribution >= 4 is 10.0 Å². The topological polar surface area (TPSA) is 76.5 Å². The van der Waals surface area contributed by atoms with E-state index in [1.165, 1.54) is 0 Å². The second-order valence-corrected chi connectivity index (χ2v) is 6.68. The third-order valence-corrected chi connectivity index (χ3v) is 5.25. The van der Waals surface area contributed by atoms with Gasteiger partial charge in [-0.25, -0.2) is 13.1 Å². The zero-order valence-electron chi connectivity index (χ0n) is 12.2. The highest BCUT2D eigenvalue weighted by Crippen LogP contribution is 2.17. The van der Waals surface area contributed by atoms with E-state index < -0.39 is 10.0 Å². The first-order valence-corrected chi connectivity index (χ1v) is 8.20. The largest absolute Gasteiger partial charge is 0.379 e. The lowest BCUT2D eigenvalue weighted by atomic mass is 10.4. The first-order chi connectivity index (χ1) is 9.42. The fraction of sp³-hybridized carbons (Fsp3) is 0.750. The summed E-state index contributed by atoms with van der Waals surface area (Å²) < 4.78 is 34.1. The van der Waals surface area contributed by atoms with E-state index >= 15 is 0 Å². The maximum Gasteiger partial charge on any atom is 0.244 e. The van der Waals surface area contributed by atoms with Crippen LogP contribution < -0.4 is 4.72 Å². The highest BCUT2D eigenvalue weighted by atomic mass is 32.2. The van der Waals surface area contributed by atoms with Crippen molar-refractivity contribution in [2.75, 3.05) is 39.4 Å². The molecule has 0 atom stereocenters. The Bertz CT molecular complexity index is 562. The van der Waals surface area contributed by atoms with Crippen molar-refractivity contribution < 1.29 is 13.2 Å². The van der Waals surface area contributed by atoms with E-state index in [1.54, 1.807) is 25.6 Å². The Hall–Kier alpha value is -0.960. The number of hydrogen-bond donors (Lipinski definition) is 1. The molecule has 1 N–H and O–H groups in total. The molecule has 1 fully saturated rings. The van der Waals surface area contributed by atoms with Gasteiger partial charge in [0.1, 0.15) is 4.90 Å². The zero-order valence-corrected chi connectivity index (χ0v) is 13.0. The number of ether oxygens (including phenoxy) is 1. The van der Waals surface area contributed by atoms with Crippen LogP contribution in [0, 0.1) is 13.8 Å². The Balaban J connectivity index is 1.97. The van der Waals surface area contributed by atoms with Gasteiger partial charge in [-0.1, -0.05) is 0 Å². The molecule has 7 nitrogen and oxygen atoms in total. The number of rotatable bonds is 5. The standard InChI is InChI=1S/C12H22N4O3S/c1-10-12(11(2)15(3)14-10)20(17,18)13-4-5-16-6-8-19-9-7-16/h13H,4-9H2,1-3H3. The van der Waals surface area contributed by atoms with Gasteiger partial charge in [-0.15, -0.1) is 0 Å². The highest BCUT2D eigenvalue weighted by molar-refractivity contribution is 7.89. The molecule has 2 rings (SSSR count). The molecule has 20 heavy (non-hydrogen) atoms. The van der Waals surface area contributed by atoms with Crippen molar-refractivity contribution in [1.82, 2.24) is 19.4 Å². The molecule has 1 aromatic rings. The summed E-state index contributed by atoms with van der Waals surface area (Å²) in [6.45, 7) is 7.71. The van der Waals surface area contributed by atoms with Gasteiger partial charge in [0.15, 0.2) is 0 Å². The molecular formula is C12H22N4O3S. The number of nitrogens with one attached hydrogen (secondary N) is 1. The summed E-state index contributed by atoms with van der Waals surface area (Å²) >= 11 is 0. The Kier molecular flexibility index (Phi) is 4.79. The van der Waals surface area contributed by atoms with Crippen LogP contribution in [0.5, 0.6) is 0 Å². The van der Waals surface area contributed by atoms with E-state index in [2.05, 4.69) is 14.7 Å². The Morgan fingerprint density at radius 2 is 1.95 bits per heavy atom. The molecule has 114 valence electrons. The Morgan fingerprint density at radius 3 is 2.50 bits per heavy atom. The fourth-order valence-electron chi connectivity index (χ4n) is 2.38. The smallest absolute Gasteiger partial charge is 0.244 e. The number of morpholine rings is 1. The van der Waals surface area contributed by atoms with Crippen LogP contribution in [0.15, 0.2) is 4.90 Å². The van der Waals surface area contributed by atoms with E-state index in [-0.39, 0.29) is 0 Å². The molecule has 0 aromatic carbocycles. The van der Waals surface area contributed by atoms with Crippen LogP contribution in [0.4, 0.5) is 0 Å². The summed E-state index contributed by atoms with van der Waals surface area (Å²) in [5, 5.41) is 4.15. The van der Waals surface area contributed by atoms with Crippen LogP contribution in [0.1, 0.15) is 11.4 Å². The molecule has 0 radical (unpaired) electrons. The average molecular weight is 302 g/mol. The molecule has 1 aliphatic rings. The molecule has 8 heteroatoms. The number of aromatic nitrogens is 2. The maximum atomic E-state index is 12.3. The van der Waals surface area contributed by atoms with E-state index in [0.717, 1.165) is 13.1 Å². The average Bonchev–Trinajstić information content (AvgIpc) is 2.64. The summed E-state index contributed by atoms with van der Waals surface area (Å²) in [6.07, 6.45) is 0. The summed E-state index contributed by atoms with van der Waals surface area (Å²) in [5.41, 5.74) is 1.19. The molecule has 2 heterocycles. The zero-order chi connectivity index (χ0) is 14.8. The van der Waals surface area contributed by atoms with Gasteiger partial charge >= 0.3 is 0 Å². The summed E-state index contributed by atoms with van der Waals surface area (Å²) in [7, 11) is -1.75. The predicted molar refractivity (Wildman–Crippen MR) is 75.1 cm³/mol. The first kappa shape index (κ1) is 15.4. The van der Waals surface area contributed by atoms with Gasteiger partial charge in [-0.2, -0.15) is 5.10 Å². The molecular weight excluding hydrogens is 280 g/mol. The maximum absolute atomic E-state index is 12.3. The molecule has 0 spiro atoms. The fourth-order valence-corrected chi connectivity index (χ4v) is 3.83. The SMILES string of the molecule is Cc1nn(C)c(C)c1S(=O)(=O)NCCN1CCOCC1. The van der Waals surface area contributed by atoms with E-state index in [4.69, 9.17) is 4.74 Å². The number of nitrogens with zero attached hydrogens (tertiary/aromatic N) is 3. The minimum atomic E-state index is -3.49. The lowest BCUT2D eigenvalue weighted by Gasteiger charge is -2.26. The first-order valence-electron chi connectivity index (χ1n) is 6.72. The minimum absolute atomic E-state index is 0.293. The lowest BCUT2D eigenvalue weighted by molar-refractivity contribution is 0.0390. The van der Waals surface area contributed by atoms with Crippen molar-refractivity contribution in [2.45, 2.75) is 18.7 Å². The monoisotopic (exact) mass is 302 g/mol. The molecule has 0 amide bonds. The Morgan fingerprint density at radius 1 is 1.30 bits per heavy atom. The van der Waals surface area contributed by atoms with Crippen LogP contribution in [-0.2, 0) is 21.8 Å². The minimum Gasteiger partial charge on any atom is -0.379 e. The van der Waals surface area contributed by atoms with Crippen LogP contribution in [-0.4, -0.2) is 62.5 Å². The van der Waals surface area contributed by atoms with E-state index in [0.29, 0.717) is 42.6 Å². The molecule has 1 aliphatic heterocycles. The molecule has 0 bridgehead atoms. The van der Waals surface area contributed by atoms with Crippen LogP contribution >= 0.6 is 0 Å². The van der Waals surface area contributed by atoms with Gasteiger partial charge in [0.25, 0.3) is 0 Å². The molecule has 1 saturated heterocycles. The van der Waals surface area contributed by atoms with Gasteiger partial charge in [0.2, 0.25) is 10.0 Å². The predicted octanol–water partition coefficient (Wildman–Crippen LogP) is -0.353. The molecule has 0 aliphatic carbocycles. The van der Waals surface area contributed by atoms with Crippen molar-refractivity contribution in [1.29, 1.82) is 0 Å². The van der Waals surface area contributed by atoms with Gasteiger partial charge in [-0.05, 0) is 13.8 Å². The third kappa shape index (κ3) is 3.38. The highest BCUT2D eigenvalue weighted by Gasteiger charge is 2.23. The molecule has 1 aromatic heterocycles. The third-order valence-electron chi connectivity index (χ3n) is 3.54. The second kappa shape index (κ2) is 6.21. The lowest BCUT2D eigenvalue weighted by Crippen LogP contribution is -2.41. The van der Waals surface area contributed by atoms with Gasteiger partial charge < -0.3 is 4.74 Å². The van der Waals surface area contributed by atoms with Crippen LogP contribution in [0.2, 0.25) is 0 Å².